The van der Waals surface area contributed by atoms with Crippen LogP contribution in [0.5, 0.6) is 0 Å². The Kier molecular flexibility index (Phi) is 5.92. The molecule has 0 radical (unpaired) electrons. The third kappa shape index (κ3) is 3.39. The Labute approximate surface area is 126 Å². The van der Waals surface area contributed by atoms with E-state index in [1.807, 2.05) is 0 Å². The largest absolute Gasteiger partial charge is 0.329 e. The van der Waals surface area contributed by atoms with Gasteiger partial charge >= 0.3 is 0 Å². The maximum Gasteiger partial charge on any atom is 0.0331 e. The highest BCUT2D eigenvalue weighted by atomic mass is 15.2. The predicted molar refractivity (Wildman–Crippen MR) is 87.9 cm³/mol. The number of hydrogen-bond donors (Lipinski definition) is 1. The molecule has 0 atom stereocenters. The normalized spacial score (nSPS) is 27.8. The van der Waals surface area contributed by atoms with Gasteiger partial charge in [0.15, 0.2) is 0 Å². The number of hydrogen-bond acceptors (Lipinski definition) is 2. The van der Waals surface area contributed by atoms with Gasteiger partial charge in [-0.15, -0.1) is 0 Å². The summed E-state index contributed by atoms with van der Waals surface area (Å²) in [4.78, 5) is 2.79. The molecule has 118 valence electrons. The maximum atomic E-state index is 6.28. The van der Waals surface area contributed by atoms with E-state index < -0.39 is 0 Å². The van der Waals surface area contributed by atoms with Crippen LogP contribution in [0, 0.1) is 5.41 Å². The molecule has 0 spiro atoms. The first kappa shape index (κ1) is 16.3. The van der Waals surface area contributed by atoms with Crippen LogP contribution in [0.15, 0.2) is 0 Å². The van der Waals surface area contributed by atoms with Gasteiger partial charge in [-0.3, -0.25) is 4.90 Å². The molecule has 1 heterocycles. The molecule has 0 unspecified atom stereocenters. The van der Waals surface area contributed by atoms with Crippen molar-refractivity contribution in [3.63, 3.8) is 0 Å². The fourth-order valence-corrected chi connectivity index (χ4v) is 4.63. The van der Waals surface area contributed by atoms with Crippen molar-refractivity contribution in [3.05, 3.63) is 0 Å². The second kappa shape index (κ2) is 7.26. The molecule has 2 aliphatic rings. The smallest absolute Gasteiger partial charge is 0.0331 e. The molecular formula is C18H36N2. The van der Waals surface area contributed by atoms with Crippen LogP contribution < -0.4 is 5.73 Å². The van der Waals surface area contributed by atoms with Crippen molar-refractivity contribution in [1.29, 1.82) is 0 Å². The Balaban J connectivity index is 2.01. The minimum Gasteiger partial charge on any atom is -0.329 e. The van der Waals surface area contributed by atoms with Gasteiger partial charge in [0.05, 0.1) is 0 Å². The number of piperidine rings is 1. The van der Waals surface area contributed by atoms with E-state index in [2.05, 4.69) is 18.7 Å². The van der Waals surface area contributed by atoms with Crippen LogP contribution >= 0.6 is 0 Å². The van der Waals surface area contributed by atoms with Crippen molar-refractivity contribution < 1.29 is 0 Å². The Hall–Kier alpha value is -0.0800. The average molecular weight is 280 g/mol. The summed E-state index contributed by atoms with van der Waals surface area (Å²) in [5, 5.41) is 0. The van der Waals surface area contributed by atoms with Crippen molar-refractivity contribution in [2.45, 2.75) is 90.0 Å². The summed E-state index contributed by atoms with van der Waals surface area (Å²) in [7, 11) is 0. The van der Waals surface area contributed by atoms with Gasteiger partial charge in [0.1, 0.15) is 0 Å². The van der Waals surface area contributed by atoms with Crippen LogP contribution in [-0.2, 0) is 0 Å². The van der Waals surface area contributed by atoms with Crippen LogP contribution in [0.3, 0.4) is 0 Å². The summed E-state index contributed by atoms with van der Waals surface area (Å²) in [6.45, 7) is 8.22. The molecular weight excluding hydrogens is 244 g/mol. The second-order valence-corrected chi connectivity index (χ2v) is 7.39. The summed E-state index contributed by atoms with van der Waals surface area (Å²) < 4.78 is 0. The number of likely N-dealkylation sites (tertiary alicyclic amines) is 1. The third-order valence-corrected chi connectivity index (χ3v) is 6.66. The van der Waals surface area contributed by atoms with Gasteiger partial charge in [0, 0.05) is 12.1 Å². The summed E-state index contributed by atoms with van der Waals surface area (Å²) in [6, 6.07) is 0. The monoisotopic (exact) mass is 280 g/mol. The van der Waals surface area contributed by atoms with E-state index in [1.165, 1.54) is 83.7 Å². The zero-order valence-corrected chi connectivity index (χ0v) is 13.9. The molecule has 2 N–H and O–H groups in total. The molecule has 1 aliphatic carbocycles. The van der Waals surface area contributed by atoms with Gasteiger partial charge in [0.2, 0.25) is 0 Å². The lowest BCUT2D eigenvalue weighted by molar-refractivity contribution is 0.00219. The van der Waals surface area contributed by atoms with Gasteiger partial charge in [-0.1, -0.05) is 58.8 Å². The van der Waals surface area contributed by atoms with E-state index in [4.69, 9.17) is 5.73 Å². The van der Waals surface area contributed by atoms with Gasteiger partial charge < -0.3 is 5.73 Å². The fourth-order valence-electron chi connectivity index (χ4n) is 4.63. The standard InChI is InChI=1S/C18H36N2/c1-3-17(4-2)12-14-20(15-13-17)18(16-19)10-8-6-5-7-9-11-18/h3-16,19H2,1-2H3. The van der Waals surface area contributed by atoms with E-state index in [0.717, 1.165) is 6.54 Å². The minimum atomic E-state index is 0.341. The molecule has 0 amide bonds. The molecule has 0 bridgehead atoms. The molecule has 2 rings (SSSR count). The third-order valence-electron chi connectivity index (χ3n) is 6.66. The van der Waals surface area contributed by atoms with Gasteiger partial charge in [-0.05, 0) is 44.2 Å². The molecule has 1 aliphatic heterocycles. The predicted octanol–water partition coefficient (Wildman–Crippen LogP) is 4.33. The van der Waals surface area contributed by atoms with Crippen molar-refractivity contribution in [2.75, 3.05) is 19.6 Å². The van der Waals surface area contributed by atoms with E-state index in [1.54, 1.807) is 0 Å². The topological polar surface area (TPSA) is 29.3 Å². The minimum absolute atomic E-state index is 0.341. The van der Waals surface area contributed by atoms with Crippen LogP contribution in [0.4, 0.5) is 0 Å². The van der Waals surface area contributed by atoms with Crippen LogP contribution in [-0.4, -0.2) is 30.1 Å². The maximum absolute atomic E-state index is 6.28. The molecule has 2 nitrogen and oxygen atoms in total. The molecule has 0 aromatic heterocycles. The summed E-state index contributed by atoms with van der Waals surface area (Å²) in [5.74, 6) is 0. The molecule has 2 fully saturated rings. The first-order valence-corrected chi connectivity index (χ1v) is 9.15. The van der Waals surface area contributed by atoms with E-state index in [-0.39, 0.29) is 0 Å². The molecule has 1 saturated heterocycles. The van der Waals surface area contributed by atoms with E-state index in [9.17, 15) is 0 Å². The highest BCUT2D eigenvalue weighted by molar-refractivity contribution is 4.96. The SMILES string of the molecule is CCC1(CC)CCN(C2(CN)CCCCCCC2)CC1. The molecule has 20 heavy (non-hydrogen) atoms. The van der Waals surface area contributed by atoms with E-state index in [0.29, 0.717) is 11.0 Å². The molecule has 0 aromatic rings. The number of rotatable bonds is 4. The van der Waals surface area contributed by atoms with Gasteiger partial charge in [-0.25, -0.2) is 0 Å². The van der Waals surface area contributed by atoms with Crippen LogP contribution in [0.25, 0.3) is 0 Å². The van der Waals surface area contributed by atoms with Crippen molar-refractivity contribution in [3.8, 4) is 0 Å². The average Bonchev–Trinajstić information content (AvgIpc) is 2.48. The van der Waals surface area contributed by atoms with Crippen molar-refractivity contribution in [1.82, 2.24) is 4.90 Å². The second-order valence-electron chi connectivity index (χ2n) is 7.39. The quantitative estimate of drug-likeness (QED) is 0.830. The lowest BCUT2D eigenvalue weighted by Gasteiger charge is -2.51. The van der Waals surface area contributed by atoms with Gasteiger partial charge in [0.25, 0.3) is 0 Å². The summed E-state index contributed by atoms with van der Waals surface area (Å²) in [5.41, 5.74) is 7.25. The number of nitrogens with two attached hydrogens (primary N) is 1. The van der Waals surface area contributed by atoms with Crippen LogP contribution in [0.1, 0.15) is 84.5 Å². The fraction of sp³-hybridized carbons (Fsp3) is 1.00. The molecule has 0 aromatic carbocycles. The zero-order chi connectivity index (χ0) is 14.5. The van der Waals surface area contributed by atoms with Crippen LogP contribution in [0.2, 0.25) is 0 Å². The lowest BCUT2D eigenvalue weighted by Crippen LogP contribution is -2.57. The highest BCUT2D eigenvalue weighted by Crippen LogP contribution is 2.41. The Morgan fingerprint density at radius 2 is 1.30 bits per heavy atom. The Morgan fingerprint density at radius 1 is 0.800 bits per heavy atom. The summed E-state index contributed by atoms with van der Waals surface area (Å²) >= 11 is 0. The zero-order valence-electron chi connectivity index (χ0n) is 13.9. The lowest BCUT2D eigenvalue weighted by atomic mass is 9.72. The first-order valence-electron chi connectivity index (χ1n) is 9.15. The molecule has 2 heteroatoms. The molecule has 1 saturated carbocycles. The highest BCUT2D eigenvalue weighted by Gasteiger charge is 2.40. The van der Waals surface area contributed by atoms with Gasteiger partial charge in [-0.2, -0.15) is 0 Å². The van der Waals surface area contributed by atoms with E-state index >= 15 is 0 Å². The Morgan fingerprint density at radius 3 is 1.75 bits per heavy atom. The van der Waals surface area contributed by atoms with Crippen molar-refractivity contribution in [2.24, 2.45) is 11.1 Å². The van der Waals surface area contributed by atoms with Crippen molar-refractivity contribution >= 4 is 0 Å². The first-order chi connectivity index (χ1) is 9.70. The summed E-state index contributed by atoms with van der Waals surface area (Å²) in [6.07, 6.45) is 15.2. The Bertz CT molecular complexity index is 265. The number of nitrogens with zero attached hydrogens (tertiary/aromatic N) is 1.